The minimum atomic E-state index is 0.0830. The third-order valence-electron chi connectivity index (χ3n) is 2.51. The van der Waals surface area contributed by atoms with Gasteiger partial charge in [-0.3, -0.25) is 0 Å². The van der Waals surface area contributed by atoms with Crippen molar-refractivity contribution >= 4 is 16.6 Å². The number of phenolic OH excluding ortho intramolecular Hbond substituents is 2. The Hall–Kier alpha value is -1.97. The monoisotopic (exact) mass is 218 g/mol. The fourth-order valence-corrected chi connectivity index (χ4v) is 1.77. The predicted octanol–water partition coefficient (Wildman–Crippen LogP) is 2.02. The Bertz CT molecular complexity index is 550. The highest BCUT2D eigenvalue weighted by atomic mass is 16.3. The molecule has 0 atom stereocenters. The highest BCUT2D eigenvalue weighted by Crippen LogP contribution is 2.36. The van der Waals surface area contributed by atoms with Gasteiger partial charge in [-0.2, -0.15) is 0 Å². The number of hydrogen-bond donors (Lipinski definition) is 2. The minimum absolute atomic E-state index is 0.0830. The van der Waals surface area contributed by atoms with E-state index in [1.54, 1.807) is 0 Å². The third-order valence-corrected chi connectivity index (χ3v) is 2.51. The molecule has 0 saturated heterocycles. The number of fused-ring (bicyclic) bond motifs is 1. The first kappa shape index (κ1) is 10.5. The molecule has 4 nitrogen and oxygen atoms in total. The molecule has 2 aromatic rings. The first-order valence-corrected chi connectivity index (χ1v) is 5.00. The van der Waals surface area contributed by atoms with E-state index in [0.29, 0.717) is 10.9 Å². The number of phenols is 2. The third kappa shape index (κ3) is 1.52. The lowest BCUT2D eigenvalue weighted by Crippen LogP contribution is -2.10. The molecule has 4 heteroatoms. The Morgan fingerprint density at radius 3 is 2.38 bits per heavy atom. The number of rotatable bonds is 1. The molecular weight excluding hydrogens is 204 g/mol. The zero-order valence-electron chi connectivity index (χ0n) is 9.52. The summed E-state index contributed by atoms with van der Waals surface area (Å²) in [5.41, 5.74) is 2.08. The molecule has 0 amide bonds. The minimum Gasteiger partial charge on any atom is -0.507 e. The van der Waals surface area contributed by atoms with Gasteiger partial charge in [0.2, 0.25) is 0 Å². The molecule has 0 fully saturated rings. The summed E-state index contributed by atoms with van der Waals surface area (Å²) in [5.74, 6) is 0.212. The maximum atomic E-state index is 9.84. The summed E-state index contributed by atoms with van der Waals surface area (Å²) in [6.07, 6.45) is 0. The van der Waals surface area contributed by atoms with Crippen LogP contribution in [0.15, 0.2) is 18.2 Å². The van der Waals surface area contributed by atoms with E-state index in [0.717, 1.165) is 11.4 Å². The average Bonchev–Trinajstić information content (AvgIpc) is 2.22. The van der Waals surface area contributed by atoms with Crippen LogP contribution in [-0.2, 0) is 0 Å². The van der Waals surface area contributed by atoms with Gasteiger partial charge in [0.05, 0.1) is 11.1 Å². The number of benzene rings is 1. The van der Waals surface area contributed by atoms with Crippen LogP contribution in [0, 0.1) is 6.92 Å². The van der Waals surface area contributed by atoms with E-state index >= 15 is 0 Å². The second-order valence-corrected chi connectivity index (χ2v) is 4.00. The second-order valence-electron chi connectivity index (χ2n) is 4.00. The molecule has 84 valence electrons. The van der Waals surface area contributed by atoms with E-state index in [9.17, 15) is 10.2 Å². The Labute approximate surface area is 93.8 Å². The SMILES string of the molecule is Cc1cc(N(C)C)c2c(O)ccc(O)c2n1. The first-order valence-electron chi connectivity index (χ1n) is 5.00. The van der Waals surface area contributed by atoms with Crippen LogP contribution < -0.4 is 4.90 Å². The molecule has 0 saturated carbocycles. The molecule has 1 aromatic heterocycles. The van der Waals surface area contributed by atoms with Gasteiger partial charge in [0, 0.05) is 19.8 Å². The number of aryl methyl sites for hydroxylation is 1. The number of aromatic nitrogens is 1. The fourth-order valence-electron chi connectivity index (χ4n) is 1.77. The van der Waals surface area contributed by atoms with E-state index in [4.69, 9.17) is 0 Å². The molecule has 0 bridgehead atoms. The number of nitrogens with zero attached hydrogens (tertiary/aromatic N) is 2. The van der Waals surface area contributed by atoms with Gasteiger partial charge in [-0.25, -0.2) is 4.98 Å². The summed E-state index contributed by atoms with van der Waals surface area (Å²) >= 11 is 0. The summed E-state index contributed by atoms with van der Waals surface area (Å²) in [4.78, 5) is 6.13. The van der Waals surface area contributed by atoms with Gasteiger partial charge in [-0.15, -0.1) is 0 Å². The molecule has 0 aliphatic rings. The van der Waals surface area contributed by atoms with Crippen LogP contribution in [0.4, 0.5) is 5.69 Å². The van der Waals surface area contributed by atoms with Crippen LogP contribution in [0.3, 0.4) is 0 Å². The lowest BCUT2D eigenvalue weighted by molar-refractivity contribution is 0.468. The maximum Gasteiger partial charge on any atom is 0.142 e. The molecule has 1 aromatic carbocycles. The highest BCUT2D eigenvalue weighted by Gasteiger charge is 2.12. The van der Waals surface area contributed by atoms with Gasteiger partial charge < -0.3 is 15.1 Å². The predicted molar refractivity (Wildman–Crippen MR) is 64.1 cm³/mol. The Kier molecular flexibility index (Phi) is 2.34. The number of anilines is 1. The van der Waals surface area contributed by atoms with Crippen molar-refractivity contribution in [2.24, 2.45) is 0 Å². The van der Waals surface area contributed by atoms with Crippen LogP contribution in [0.2, 0.25) is 0 Å². The second kappa shape index (κ2) is 3.56. The molecule has 16 heavy (non-hydrogen) atoms. The Morgan fingerprint density at radius 2 is 1.75 bits per heavy atom. The van der Waals surface area contributed by atoms with Crippen LogP contribution >= 0.6 is 0 Å². The van der Waals surface area contributed by atoms with E-state index < -0.39 is 0 Å². The highest BCUT2D eigenvalue weighted by molar-refractivity contribution is 5.99. The van der Waals surface area contributed by atoms with E-state index in [2.05, 4.69) is 4.98 Å². The van der Waals surface area contributed by atoms with Crippen molar-refractivity contribution in [2.45, 2.75) is 6.92 Å². The molecule has 0 spiro atoms. The zero-order valence-corrected chi connectivity index (χ0v) is 9.52. The van der Waals surface area contributed by atoms with E-state index in [1.807, 2.05) is 32.0 Å². The van der Waals surface area contributed by atoms with Crippen molar-refractivity contribution in [1.82, 2.24) is 4.98 Å². The molecule has 1 heterocycles. The van der Waals surface area contributed by atoms with Crippen molar-refractivity contribution in [2.75, 3.05) is 19.0 Å². The normalized spacial score (nSPS) is 10.7. The van der Waals surface area contributed by atoms with Gasteiger partial charge in [-0.05, 0) is 25.1 Å². The van der Waals surface area contributed by atoms with Crippen LogP contribution in [-0.4, -0.2) is 29.3 Å². The van der Waals surface area contributed by atoms with Crippen molar-refractivity contribution in [3.63, 3.8) is 0 Å². The smallest absolute Gasteiger partial charge is 0.142 e. The number of aromatic hydroxyl groups is 2. The molecule has 0 unspecified atom stereocenters. The van der Waals surface area contributed by atoms with E-state index in [-0.39, 0.29) is 11.5 Å². The zero-order chi connectivity index (χ0) is 11.9. The van der Waals surface area contributed by atoms with E-state index in [1.165, 1.54) is 12.1 Å². The lowest BCUT2D eigenvalue weighted by Gasteiger charge is -2.17. The first-order chi connectivity index (χ1) is 7.50. The van der Waals surface area contributed by atoms with Crippen LogP contribution in [0.25, 0.3) is 10.9 Å². The molecular formula is C12H14N2O2. The topological polar surface area (TPSA) is 56.6 Å². The largest absolute Gasteiger partial charge is 0.507 e. The fraction of sp³-hybridized carbons (Fsp3) is 0.250. The van der Waals surface area contributed by atoms with Crippen molar-refractivity contribution < 1.29 is 10.2 Å². The lowest BCUT2D eigenvalue weighted by atomic mass is 10.1. The quantitative estimate of drug-likeness (QED) is 0.719. The summed E-state index contributed by atoms with van der Waals surface area (Å²) in [7, 11) is 3.77. The molecule has 0 aliphatic heterocycles. The average molecular weight is 218 g/mol. The molecule has 2 N–H and O–H groups in total. The van der Waals surface area contributed by atoms with Crippen molar-refractivity contribution in [3.8, 4) is 11.5 Å². The van der Waals surface area contributed by atoms with Crippen molar-refractivity contribution in [1.29, 1.82) is 0 Å². The van der Waals surface area contributed by atoms with Crippen LogP contribution in [0.1, 0.15) is 5.69 Å². The summed E-state index contributed by atoms with van der Waals surface area (Å²) in [6.45, 7) is 1.86. The Balaban J connectivity index is 2.95. The molecule has 2 rings (SSSR count). The van der Waals surface area contributed by atoms with Gasteiger partial charge in [-0.1, -0.05) is 0 Å². The summed E-state index contributed by atoms with van der Waals surface area (Å²) < 4.78 is 0. The number of pyridine rings is 1. The maximum absolute atomic E-state index is 9.84. The van der Waals surface area contributed by atoms with Gasteiger partial charge in [0.15, 0.2) is 0 Å². The summed E-state index contributed by atoms with van der Waals surface area (Å²) in [6, 6.07) is 4.80. The number of hydrogen-bond acceptors (Lipinski definition) is 4. The van der Waals surface area contributed by atoms with Crippen LogP contribution in [0.5, 0.6) is 11.5 Å². The molecule has 0 radical (unpaired) electrons. The molecule has 0 aliphatic carbocycles. The van der Waals surface area contributed by atoms with Gasteiger partial charge >= 0.3 is 0 Å². The summed E-state index contributed by atoms with van der Waals surface area (Å²) in [5, 5.41) is 20.2. The van der Waals surface area contributed by atoms with Crippen molar-refractivity contribution in [3.05, 3.63) is 23.9 Å². The van der Waals surface area contributed by atoms with Gasteiger partial charge in [0.25, 0.3) is 0 Å². The Morgan fingerprint density at radius 1 is 1.12 bits per heavy atom. The van der Waals surface area contributed by atoms with Gasteiger partial charge in [0.1, 0.15) is 17.0 Å². The standard InChI is InChI=1S/C12H14N2O2/c1-7-6-8(14(2)3)11-9(15)4-5-10(16)12(11)13-7/h4-6,15-16H,1-3H3.